The van der Waals surface area contributed by atoms with Crippen molar-refractivity contribution in [3.63, 3.8) is 0 Å². The molecular weight excluding hydrogens is 264 g/mol. The molecule has 8 heteroatoms. The van der Waals surface area contributed by atoms with E-state index in [0.29, 0.717) is 12.8 Å². The van der Waals surface area contributed by atoms with Crippen LogP contribution in [0.2, 0.25) is 0 Å². The summed E-state index contributed by atoms with van der Waals surface area (Å²) in [4.78, 5) is 47.2. The summed E-state index contributed by atoms with van der Waals surface area (Å²) >= 11 is 0. The summed E-state index contributed by atoms with van der Waals surface area (Å²) in [5, 5.41) is 4.96. The van der Waals surface area contributed by atoms with Gasteiger partial charge in [-0.05, 0) is 12.8 Å². The van der Waals surface area contributed by atoms with E-state index >= 15 is 0 Å². The van der Waals surface area contributed by atoms with E-state index in [4.69, 9.17) is 5.73 Å². The van der Waals surface area contributed by atoms with E-state index in [1.165, 1.54) is 0 Å². The summed E-state index contributed by atoms with van der Waals surface area (Å²) in [7, 11) is 0. The van der Waals surface area contributed by atoms with Gasteiger partial charge in [0.2, 0.25) is 11.8 Å². The van der Waals surface area contributed by atoms with Crippen molar-refractivity contribution in [2.75, 3.05) is 13.1 Å². The lowest BCUT2D eigenvalue weighted by Crippen LogP contribution is -2.49. The molecule has 0 radical (unpaired) electrons. The van der Waals surface area contributed by atoms with Gasteiger partial charge in [-0.3, -0.25) is 19.3 Å². The van der Waals surface area contributed by atoms with E-state index in [9.17, 15) is 19.2 Å². The van der Waals surface area contributed by atoms with Gasteiger partial charge in [0.1, 0.15) is 12.1 Å². The van der Waals surface area contributed by atoms with Gasteiger partial charge in [-0.15, -0.1) is 0 Å². The van der Waals surface area contributed by atoms with Crippen LogP contribution < -0.4 is 16.4 Å². The quantitative estimate of drug-likeness (QED) is 0.563. The van der Waals surface area contributed by atoms with Crippen LogP contribution in [0.15, 0.2) is 0 Å². The van der Waals surface area contributed by atoms with Crippen molar-refractivity contribution < 1.29 is 19.2 Å². The molecule has 0 bridgehead atoms. The molecule has 2 fully saturated rings. The van der Waals surface area contributed by atoms with Gasteiger partial charge in [0.15, 0.2) is 0 Å². The first-order valence-electron chi connectivity index (χ1n) is 6.64. The van der Waals surface area contributed by atoms with Gasteiger partial charge < -0.3 is 16.4 Å². The van der Waals surface area contributed by atoms with Gasteiger partial charge in [0, 0.05) is 0 Å². The SMILES string of the molecule is NC(=O)CNC(=O)CN1C(=O)NC2(CCCCC2)C1=O. The highest BCUT2D eigenvalue weighted by molar-refractivity contribution is 6.09. The molecule has 1 aliphatic carbocycles. The molecule has 1 spiro atoms. The Morgan fingerprint density at radius 2 is 1.90 bits per heavy atom. The molecule has 2 aliphatic rings. The van der Waals surface area contributed by atoms with Crippen molar-refractivity contribution in [2.45, 2.75) is 37.6 Å². The van der Waals surface area contributed by atoms with Gasteiger partial charge in [0.05, 0.1) is 6.54 Å². The predicted octanol–water partition coefficient (Wildman–Crippen LogP) is -1.16. The summed E-state index contributed by atoms with van der Waals surface area (Å²) in [5.74, 6) is -1.61. The maximum Gasteiger partial charge on any atom is 0.325 e. The molecule has 2 rings (SSSR count). The van der Waals surface area contributed by atoms with E-state index in [-0.39, 0.29) is 19.0 Å². The first kappa shape index (κ1) is 14.3. The Morgan fingerprint density at radius 3 is 2.50 bits per heavy atom. The highest BCUT2D eigenvalue weighted by Gasteiger charge is 2.51. The Labute approximate surface area is 116 Å². The molecule has 4 N–H and O–H groups in total. The van der Waals surface area contributed by atoms with Crippen LogP contribution in [-0.2, 0) is 14.4 Å². The molecule has 1 saturated carbocycles. The summed E-state index contributed by atoms with van der Waals surface area (Å²) in [6.07, 6.45) is 4.03. The second-order valence-corrected chi connectivity index (χ2v) is 5.21. The molecule has 0 aromatic carbocycles. The number of urea groups is 1. The number of nitrogens with one attached hydrogen (secondary N) is 2. The van der Waals surface area contributed by atoms with Crippen molar-refractivity contribution in [3.05, 3.63) is 0 Å². The number of hydrogen-bond donors (Lipinski definition) is 3. The highest BCUT2D eigenvalue weighted by atomic mass is 16.2. The zero-order valence-electron chi connectivity index (χ0n) is 11.1. The Hall–Kier alpha value is -2.12. The topological polar surface area (TPSA) is 122 Å². The molecule has 0 atom stereocenters. The Bertz CT molecular complexity index is 456. The number of carbonyl (C=O) groups is 4. The van der Waals surface area contributed by atoms with Crippen LogP contribution in [0, 0.1) is 0 Å². The monoisotopic (exact) mass is 282 g/mol. The lowest BCUT2D eigenvalue weighted by Gasteiger charge is -2.30. The van der Waals surface area contributed by atoms with Crippen molar-refractivity contribution in [3.8, 4) is 0 Å². The second-order valence-electron chi connectivity index (χ2n) is 5.21. The number of primary amides is 1. The Morgan fingerprint density at radius 1 is 1.25 bits per heavy atom. The number of nitrogens with two attached hydrogens (primary N) is 1. The number of amides is 5. The van der Waals surface area contributed by atoms with Crippen LogP contribution in [0.4, 0.5) is 4.79 Å². The van der Waals surface area contributed by atoms with E-state index in [0.717, 1.165) is 24.2 Å². The highest BCUT2D eigenvalue weighted by Crippen LogP contribution is 2.33. The number of imide groups is 1. The maximum absolute atomic E-state index is 12.3. The van der Waals surface area contributed by atoms with E-state index in [2.05, 4.69) is 10.6 Å². The summed E-state index contributed by atoms with van der Waals surface area (Å²) in [6, 6.07) is -0.550. The molecule has 20 heavy (non-hydrogen) atoms. The Balaban J connectivity index is 1.98. The van der Waals surface area contributed by atoms with Crippen LogP contribution in [0.3, 0.4) is 0 Å². The lowest BCUT2D eigenvalue weighted by molar-refractivity contribution is -0.136. The normalized spacial score (nSPS) is 20.9. The first-order chi connectivity index (χ1) is 9.44. The van der Waals surface area contributed by atoms with Crippen molar-refractivity contribution in [1.82, 2.24) is 15.5 Å². The number of rotatable bonds is 4. The first-order valence-corrected chi connectivity index (χ1v) is 6.64. The van der Waals surface area contributed by atoms with Crippen LogP contribution in [0.25, 0.3) is 0 Å². The minimum atomic E-state index is -0.834. The van der Waals surface area contributed by atoms with E-state index in [1.807, 2.05) is 0 Å². The zero-order chi connectivity index (χ0) is 14.8. The van der Waals surface area contributed by atoms with Crippen LogP contribution in [-0.4, -0.2) is 47.3 Å². The van der Waals surface area contributed by atoms with Crippen LogP contribution in [0.5, 0.6) is 0 Å². The van der Waals surface area contributed by atoms with E-state index in [1.54, 1.807) is 0 Å². The molecule has 110 valence electrons. The molecule has 0 aromatic heterocycles. The molecular formula is C12H18N4O4. The molecule has 1 aliphatic heterocycles. The predicted molar refractivity (Wildman–Crippen MR) is 68.3 cm³/mol. The van der Waals surface area contributed by atoms with Gasteiger partial charge in [-0.25, -0.2) is 4.79 Å². The molecule has 8 nitrogen and oxygen atoms in total. The van der Waals surface area contributed by atoms with Crippen LogP contribution in [0.1, 0.15) is 32.1 Å². The maximum atomic E-state index is 12.3. The van der Waals surface area contributed by atoms with Gasteiger partial charge in [-0.2, -0.15) is 0 Å². The zero-order valence-corrected chi connectivity index (χ0v) is 11.1. The fourth-order valence-corrected chi connectivity index (χ4v) is 2.70. The number of hydrogen-bond acceptors (Lipinski definition) is 4. The second kappa shape index (κ2) is 5.48. The molecule has 0 aromatic rings. The lowest BCUT2D eigenvalue weighted by atomic mass is 9.82. The third-order valence-electron chi connectivity index (χ3n) is 3.71. The van der Waals surface area contributed by atoms with E-state index < -0.39 is 23.4 Å². The minimum absolute atomic E-state index is 0.312. The third kappa shape index (κ3) is 2.73. The van der Waals surface area contributed by atoms with Crippen molar-refractivity contribution in [2.24, 2.45) is 5.73 Å². The molecule has 5 amide bonds. The Kier molecular flexibility index (Phi) is 3.91. The average molecular weight is 282 g/mol. The average Bonchev–Trinajstić information content (AvgIpc) is 2.62. The molecule has 1 saturated heterocycles. The fourth-order valence-electron chi connectivity index (χ4n) is 2.70. The van der Waals surface area contributed by atoms with Gasteiger partial charge in [0.25, 0.3) is 5.91 Å². The standard InChI is InChI=1S/C12H18N4O4/c13-8(17)6-14-9(18)7-16-10(19)12(15-11(16)20)4-2-1-3-5-12/h1-7H2,(H2,13,17)(H,14,18)(H,15,20). The summed E-state index contributed by atoms with van der Waals surface area (Å²) in [6.45, 7) is -0.701. The fraction of sp³-hybridized carbons (Fsp3) is 0.667. The minimum Gasteiger partial charge on any atom is -0.368 e. The number of carbonyl (C=O) groups excluding carboxylic acids is 4. The largest absolute Gasteiger partial charge is 0.368 e. The molecule has 1 heterocycles. The van der Waals surface area contributed by atoms with Crippen molar-refractivity contribution in [1.29, 1.82) is 0 Å². The third-order valence-corrected chi connectivity index (χ3v) is 3.71. The summed E-state index contributed by atoms with van der Waals surface area (Å²) < 4.78 is 0. The summed E-state index contributed by atoms with van der Waals surface area (Å²) in [5.41, 5.74) is 4.07. The van der Waals surface area contributed by atoms with Crippen LogP contribution >= 0.6 is 0 Å². The molecule has 0 unspecified atom stereocenters. The van der Waals surface area contributed by atoms with Gasteiger partial charge >= 0.3 is 6.03 Å². The van der Waals surface area contributed by atoms with Crippen molar-refractivity contribution >= 4 is 23.8 Å². The number of nitrogens with zero attached hydrogens (tertiary/aromatic N) is 1. The smallest absolute Gasteiger partial charge is 0.325 e. The van der Waals surface area contributed by atoms with Gasteiger partial charge in [-0.1, -0.05) is 19.3 Å².